The fraction of sp³-hybridized carbons (Fsp3) is 0.476. The van der Waals surface area contributed by atoms with Crippen LogP contribution in [0, 0.1) is 12.7 Å². The molecule has 29 heavy (non-hydrogen) atoms. The molecule has 8 heteroatoms. The van der Waals surface area contributed by atoms with E-state index >= 15 is 0 Å². The Bertz CT molecular complexity index is 923. The van der Waals surface area contributed by atoms with Crippen LogP contribution in [0.4, 0.5) is 4.39 Å². The van der Waals surface area contributed by atoms with Crippen LogP contribution >= 0.6 is 0 Å². The lowest BCUT2D eigenvalue weighted by atomic mass is 9.98. The van der Waals surface area contributed by atoms with E-state index in [9.17, 15) is 14.0 Å². The second-order valence-electron chi connectivity index (χ2n) is 8.19. The number of nitrogens with zero attached hydrogens (tertiary/aromatic N) is 4. The first kappa shape index (κ1) is 19.6. The predicted molar refractivity (Wildman–Crippen MR) is 106 cm³/mol. The molecule has 0 bridgehead atoms. The van der Waals surface area contributed by atoms with Crippen molar-refractivity contribution in [2.45, 2.75) is 31.8 Å². The number of amides is 2. The van der Waals surface area contributed by atoms with Gasteiger partial charge < -0.3 is 10.2 Å². The smallest absolute Gasteiger partial charge is 0.274 e. The molecule has 7 nitrogen and oxygen atoms in total. The Balaban J connectivity index is 1.49. The van der Waals surface area contributed by atoms with E-state index in [4.69, 9.17) is 0 Å². The van der Waals surface area contributed by atoms with Gasteiger partial charge in [-0.05, 0) is 37.1 Å². The first-order chi connectivity index (χ1) is 13.8. The van der Waals surface area contributed by atoms with Gasteiger partial charge in [0.15, 0.2) is 5.69 Å². The number of hydrogen-bond acceptors (Lipinski definition) is 4. The molecule has 3 heterocycles. The zero-order chi connectivity index (χ0) is 20.6. The summed E-state index contributed by atoms with van der Waals surface area (Å²) < 4.78 is 15.2. The van der Waals surface area contributed by atoms with Crippen molar-refractivity contribution in [3.05, 3.63) is 53.1 Å². The molecule has 2 aliphatic rings. The molecular weight excluding hydrogens is 373 g/mol. The van der Waals surface area contributed by atoms with Crippen molar-refractivity contribution in [2.24, 2.45) is 7.05 Å². The van der Waals surface area contributed by atoms with Crippen LogP contribution in [-0.4, -0.2) is 63.1 Å². The lowest BCUT2D eigenvalue weighted by Gasteiger charge is -2.33. The molecule has 1 aromatic carbocycles. The van der Waals surface area contributed by atoms with E-state index in [1.807, 2.05) is 20.0 Å². The number of benzene rings is 1. The Labute approximate surface area is 169 Å². The molecule has 1 aromatic heterocycles. The minimum Gasteiger partial charge on any atom is -0.347 e. The van der Waals surface area contributed by atoms with Crippen molar-refractivity contribution in [3.63, 3.8) is 0 Å². The molecule has 2 aromatic rings. The maximum absolute atomic E-state index is 13.6. The molecule has 1 N–H and O–H groups in total. The maximum Gasteiger partial charge on any atom is 0.274 e. The van der Waals surface area contributed by atoms with Crippen molar-refractivity contribution < 1.29 is 14.0 Å². The third-order valence-electron chi connectivity index (χ3n) is 5.86. The van der Waals surface area contributed by atoms with Gasteiger partial charge in [-0.3, -0.25) is 19.2 Å². The summed E-state index contributed by atoms with van der Waals surface area (Å²) in [5, 5.41) is 7.45. The molecular formula is C21H26FN5O2. The summed E-state index contributed by atoms with van der Waals surface area (Å²) >= 11 is 0. The summed E-state index contributed by atoms with van der Waals surface area (Å²) in [6, 6.07) is 8.34. The molecule has 4 rings (SSSR count). The second kappa shape index (κ2) is 7.59. The summed E-state index contributed by atoms with van der Waals surface area (Å²) in [5.41, 5.74) is 1.75. The van der Waals surface area contributed by atoms with Crippen LogP contribution < -0.4 is 5.32 Å². The van der Waals surface area contributed by atoms with Gasteiger partial charge in [0, 0.05) is 51.9 Å². The van der Waals surface area contributed by atoms with Gasteiger partial charge >= 0.3 is 0 Å². The topological polar surface area (TPSA) is 70.5 Å². The first-order valence-electron chi connectivity index (χ1n) is 9.91. The van der Waals surface area contributed by atoms with Crippen LogP contribution in [0.25, 0.3) is 0 Å². The van der Waals surface area contributed by atoms with Crippen molar-refractivity contribution >= 4 is 11.8 Å². The minimum absolute atomic E-state index is 0.00489. The lowest BCUT2D eigenvalue weighted by Crippen LogP contribution is -2.55. The molecule has 1 atom stereocenters. The minimum atomic E-state index is -0.486. The third kappa shape index (κ3) is 4.17. The molecule has 0 saturated carbocycles. The van der Waals surface area contributed by atoms with E-state index in [1.165, 1.54) is 12.1 Å². The largest absolute Gasteiger partial charge is 0.347 e. The van der Waals surface area contributed by atoms with Crippen molar-refractivity contribution in [1.29, 1.82) is 0 Å². The van der Waals surface area contributed by atoms with Gasteiger partial charge in [0.05, 0.1) is 5.54 Å². The monoisotopic (exact) mass is 399 g/mol. The summed E-state index contributed by atoms with van der Waals surface area (Å²) in [5.74, 6) is -0.375. The van der Waals surface area contributed by atoms with E-state index < -0.39 is 5.54 Å². The molecule has 0 radical (unpaired) electrons. The van der Waals surface area contributed by atoms with E-state index in [1.54, 1.807) is 21.7 Å². The highest BCUT2D eigenvalue weighted by atomic mass is 19.1. The number of carbonyl (C=O) groups is 2. The van der Waals surface area contributed by atoms with Gasteiger partial charge in [0.25, 0.3) is 5.91 Å². The lowest BCUT2D eigenvalue weighted by molar-refractivity contribution is -0.122. The number of halogens is 1. The molecule has 2 saturated heterocycles. The highest BCUT2D eigenvalue weighted by Gasteiger charge is 2.44. The van der Waals surface area contributed by atoms with Crippen LogP contribution in [0.1, 0.15) is 34.6 Å². The zero-order valence-electron chi connectivity index (χ0n) is 16.8. The van der Waals surface area contributed by atoms with E-state index in [-0.39, 0.29) is 17.6 Å². The zero-order valence-corrected chi connectivity index (χ0v) is 16.8. The van der Waals surface area contributed by atoms with E-state index in [2.05, 4.69) is 15.3 Å². The van der Waals surface area contributed by atoms with Gasteiger partial charge in [0.2, 0.25) is 5.91 Å². The Morgan fingerprint density at radius 3 is 2.83 bits per heavy atom. The molecule has 0 aliphatic carbocycles. The molecule has 2 fully saturated rings. The van der Waals surface area contributed by atoms with Crippen molar-refractivity contribution in [2.75, 3.05) is 26.2 Å². The summed E-state index contributed by atoms with van der Waals surface area (Å²) in [6.45, 7) is 4.74. The fourth-order valence-corrected chi connectivity index (χ4v) is 4.30. The van der Waals surface area contributed by atoms with Gasteiger partial charge in [0.1, 0.15) is 5.82 Å². The van der Waals surface area contributed by atoms with E-state index in [0.29, 0.717) is 51.3 Å². The van der Waals surface area contributed by atoms with Crippen LogP contribution in [0.15, 0.2) is 30.3 Å². The molecule has 1 unspecified atom stereocenters. The number of aromatic nitrogens is 2. The number of hydrogen-bond donors (Lipinski definition) is 1. The summed E-state index contributed by atoms with van der Waals surface area (Å²) in [7, 11) is 1.81. The van der Waals surface area contributed by atoms with Gasteiger partial charge in [-0.2, -0.15) is 5.10 Å². The number of carbonyl (C=O) groups excluding carboxylic acids is 2. The van der Waals surface area contributed by atoms with Crippen molar-refractivity contribution in [1.82, 2.24) is 24.9 Å². The standard InChI is InChI=1S/C21H26FN5O2/c1-15-10-18(24-25(15)2)20(29)27-9-7-21(14-27)13-26(8-6-19(28)23-21)12-16-4-3-5-17(22)11-16/h3-5,10-11H,6-9,12-14H2,1-2H3,(H,23,28). The Morgan fingerprint density at radius 2 is 2.10 bits per heavy atom. The fourth-order valence-electron chi connectivity index (χ4n) is 4.30. The summed E-state index contributed by atoms with van der Waals surface area (Å²) in [6.07, 6.45) is 1.08. The molecule has 1 spiro atoms. The number of aryl methyl sites for hydroxylation is 2. The quantitative estimate of drug-likeness (QED) is 0.849. The van der Waals surface area contributed by atoms with Crippen LogP contribution in [0.5, 0.6) is 0 Å². The molecule has 154 valence electrons. The molecule has 2 aliphatic heterocycles. The van der Waals surface area contributed by atoms with Crippen LogP contribution in [0.2, 0.25) is 0 Å². The Hall–Kier alpha value is -2.74. The van der Waals surface area contributed by atoms with Crippen LogP contribution in [-0.2, 0) is 18.4 Å². The normalized spacial score (nSPS) is 22.7. The number of likely N-dealkylation sites (tertiary alicyclic amines) is 1. The maximum atomic E-state index is 13.6. The number of rotatable bonds is 3. The van der Waals surface area contributed by atoms with E-state index in [0.717, 1.165) is 11.3 Å². The number of nitrogens with one attached hydrogen (secondary N) is 1. The Kier molecular flexibility index (Phi) is 5.12. The Morgan fingerprint density at radius 1 is 1.28 bits per heavy atom. The highest BCUT2D eigenvalue weighted by molar-refractivity contribution is 5.92. The average molecular weight is 399 g/mol. The molecule has 2 amide bonds. The van der Waals surface area contributed by atoms with Gasteiger partial charge in [-0.15, -0.1) is 0 Å². The van der Waals surface area contributed by atoms with Gasteiger partial charge in [-0.1, -0.05) is 12.1 Å². The third-order valence-corrected chi connectivity index (χ3v) is 5.86. The summed E-state index contributed by atoms with van der Waals surface area (Å²) in [4.78, 5) is 29.2. The van der Waals surface area contributed by atoms with Crippen molar-refractivity contribution in [3.8, 4) is 0 Å². The average Bonchev–Trinajstić information content (AvgIpc) is 3.18. The highest BCUT2D eigenvalue weighted by Crippen LogP contribution is 2.27. The van der Waals surface area contributed by atoms with Gasteiger partial charge in [-0.25, -0.2) is 4.39 Å². The predicted octanol–water partition coefficient (Wildman–Crippen LogP) is 1.47. The first-order valence-corrected chi connectivity index (χ1v) is 9.91. The van der Waals surface area contributed by atoms with Crippen LogP contribution in [0.3, 0.4) is 0 Å². The second-order valence-corrected chi connectivity index (χ2v) is 8.19. The SMILES string of the molecule is Cc1cc(C(=O)N2CCC3(CN(Cc4cccc(F)c4)CCC(=O)N3)C2)nn1C.